The van der Waals surface area contributed by atoms with Gasteiger partial charge < -0.3 is 71.5 Å². The summed E-state index contributed by atoms with van der Waals surface area (Å²) in [6.07, 6.45) is 0. The lowest BCUT2D eigenvalue weighted by Gasteiger charge is -2.19. The summed E-state index contributed by atoms with van der Waals surface area (Å²) in [5.74, 6) is -21.1. The lowest BCUT2D eigenvalue weighted by Crippen LogP contribution is -2.07. The summed E-state index contributed by atoms with van der Waals surface area (Å²) in [6.45, 7) is 0. The summed E-state index contributed by atoms with van der Waals surface area (Å²) >= 11 is 3.49. The number of hydrogen-bond donors (Lipinski definition) is 14. The Hall–Kier alpha value is -7.41. The number of aromatic nitrogens is 4. The second kappa shape index (κ2) is 11.3. The fourth-order valence-corrected chi connectivity index (χ4v) is 6.38. The zero-order valence-electron chi connectivity index (χ0n) is 25.5. The van der Waals surface area contributed by atoms with E-state index in [1.54, 1.807) is 42.5 Å². The standard InChI is InChI=1S/C33H21BrN4O14/c34-10-6-3-5-9-8-4-1-2-7-11(8)38(16(9)10)33-36-31(35-32(37-33)15-23(45)27(49)30(52)28(50)24(15)46)14-21(43)17(39)12(18(40)22(14)44)13-19(41)25(47)29(51)26(48)20(13)42/h1-7,39-52H. The molecule has 0 bridgehead atoms. The molecule has 0 amide bonds. The molecular formula is C33H21BrN4O14. The normalized spacial score (nSPS) is 11.5. The van der Waals surface area contributed by atoms with E-state index < -0.39 is 120 Å². The molecule has 264 valence electrons. The van der Waals surface area contributed by atoms with Crippen LogP contribution in [0.4, 0.5) is 0 Å². The van der Waals surface area contributed by atoms with Gasteiger partial charge in [-0.3, -0.25) is 4.57 Å². The van der Waals surface area contributed by atoms with Crippen molar-refractivity contribution < 1.29 is 71.5 Å². The van der Waals surface area contributed by atoms with Crippen molar-refractivity contribution in [3.8, 4) is 120 Å². The molecule has 5 aromatic carbocycles. The summed E-state index contributed by atoms with van der Waals surface area (Å²) in [4.78, 5) is 12.7. The van der Waals surface area contributed by atoms with Crippen molar-refractivity contribution in [2.75, 3.05) is 0 Å². The van der Waals surface area contributed by atoms with Crippen molar-refractivity contribution in [3.05, 3.63) is 46.9 Å². The van der Waals surface area contributed by atoms with Crippen LogP contribution in [0.3, 0.4) is 0 Å². The van der Waals surface area contributed by atoms with E-state index in [4.69, 9.17) is 0 Å². The first-order chi connectivity index (χ1) is 24.6. The number of nitrogens with zero attached hydrogens (tertiary/aromatic N) is 4. The minimum atomic E-state index is -1.42. The summed E-state index contributed by atoms with van der Waals surface area (Å²) < 4.78 is 1.94. The van der Waals surface area contributed by atoms with Crippen LogP contribution >= 0.6 is 15.9 Å². The molecule has 0 saturated carbocycles. The molecule has 0 unspecified atom stereocenters. The molecule has 7 rings (SSSR count). The van der Waals surface area contributed by atoms with Crippen molar-refractivity contribution in [1.82, 2.24) is 19.5 Å². The Morgan fingerprint density at radius 2 is 0.750 bits per heavy atom. The van der Waals surface area contributed by atoms with Crippen molar-refractivity contribution >= 4 is 37.7 Å². The molecule has 52 heavy (non-hydrogen) atoms. The topological polar surface area (TPSA) is 327 Å². The maximum atomic E-state index is 11.3. The average molecular weight is 777 g/mol. The zero-order chi connectivity index (χ0) is 37.7. The maximum absolute atomic E-state index is 11.3. The summed E-state index contributed by atoms with van der Waals surface area (Å²) in [5, 5.41) is 149. The monoisotopic (exact) mass is 776 g/mol. The number of aromatic hydroxyl groups is 14. The molecule has 0 atom stereocenters. The predicted molar refractivity (Wildman–Crippen MR) is 181 cm³/mol. The predicted octanol–water partition coefficient (Wildman–Crippen LogP) is 4.61. The van der Waals surface area contributed by atoms with E-state index in [-0.39, 0.29) is 0 Å². The van der Waals surface area contributed by atoms with Gasteiger partial charge >= 0.3 is 0 Å². The number of para-hydroxylation sites is 2. The summed E-state index contributed by atoms with van der Waals surface area (Å²) in [6, 6.07) is 12.1. The second-order valence-electron chi connectivity index (χ2n) is 11.2. The quantitative estimate of drug-likeness (QED) is 0.0857. The molecule has 7 aromatic rings. The molecule has 2 aromatic heterocycles. The van der Waals surface area contributed by atoms with E-state index in [1.807, 2.05) is 0 Å². The number of rotatable bonds is 4. The van der Waals surface area contributed by atoms with Crippen molar-refractivity contribution in [2.24, 2.45) is 0 Å². The van der Waals surface area contributed by atoms with E-state index in [1.165, 1.54) is 4.57 Å². The first-order valence-corrected chi connectivity index (χ1v) is 15.2. The van der Waals surface area contributed by atoms with Crippen LogP contribution in [0.15, 0.2) is 46.9 Å². The fourth-order valence-electron chi connectivity index (χ4n) is 5.84. The molecule has 18 nitrogen and oxygen atoms in total. The highest BCUT2D eigenvalue weighted by molar-refractivity contribution is 9.10. The van der Waals surface area contributed by atoms with Crippen LogP contribution in [-0.2, 0) is 0 Å². The SMILES string of the molecule is Oc1c(O)c(O)c(-c2nc(-c3c(O)c(O)c(-c4c(O)c(O)c(O)c(O)c4O)c(O)c3O)nc(-n3c4ccccc4c4cccc(Br)c43)n2)c(O)c1O. The number of phenols is 14. The Morgan fingerprint density at radius 3 is 1.23 bits per heavy atom. The number of hydrogen-bond acceptors (Lipinski definition) is 17. The van der Waals surface area contributed by atoms with Gasteiger partial charge in [0.1, 0.15) is 11.1 Å². The van der Waals surface area contributed by atoms with E-state index >= 15 is 0 Å². The molecule has 0 radical (unpaired) electrons. The molecular weight excluding hydrogens is 756 g/mol. The van der Waals surface area contributed by atoms with E-state index in [0.717, 1.165) is 0 Å². The van der Waals surface area contributed by atoms with Crippen LogP contribution < -0.4 is 0 Å². The lowest BCUT2D eigenvalue weighted by molar-refractivity contribution is 0.329. The number of phenolic OH excluding ortho intramolecular Hbond substituents is 14. The first-order valence-electron chi connectivity index (χ1n) is 14.4. The van der Waals surface area contributed by atoms with Crippen LogP contribution in [0.1, 0.15) is 0 Å². The van der Waals surface area contributed by atoms with Gasteiger partial charge in [0.05, 0.1) is 22.2 Å². The van der Waals surface area contributed by atoms with Crippen molar-refractivity contribution in [3.63, 3.8) is 0 Å². The van der Waals surface area contributed by atoms with Gasteiger partial charge in [-0.25, -0.2) is 4.98 Å². The fraction of sp³-hybridized carbons (Fsp3) is 0. The Balaban J connectivity index is 1.62. The average Bonchev–Trinajstić information content (AvgIpc) is 3.48. The minimum absolute atomic E-state index is 0.394. The molecule has 0 spiro atoms. The third kappa shape index (κ3) is 4.39. The molecule has 2 heterocycles. The Kier molecular flexibility index (Phi) is 7.20. The van der Waals surface area contributed by atoms with Gasteiger partial charge in [-0.1, -0.05) is 30.3 Å². The first kappa shape index (κ1) is 33.1. The van der Waals surface area contributed by atoms with Crippen LogP contribution in [0.5, 0.6) is 80.5 Å². The molecule has 14 N–H and O–H groups in total. The number of fused-ring (bicyclic) bond motifs is 3. The Labute approximate surface area is 295 Å². The van der Waals surface area contributed by atoms with E-state index in [2.05, 4.69) is 30.9 Å². The van der Waals surface area contributed by atoms with Crippen LogP contribution in [-0.4, -0.2) is 91.0 Å². The van der Waals surface area contributed by atoms with Gasteiger partial charge in [-0.2, -0.15) is 9.97 Å². The summed E-state index contributed by atoms with van der Waals surface area (Å²) in [7, 11) is 0. The van der Waals surface area contributed by atoms with Crippen LogP contribution in [0, 0.1) is 0 Å². The van der Waals surface area contributed by atoms with Crippen LogP contribution in [0.25, 0.3) is 61.7 Å². The lowest BCUT2D eigenvalue weighted by atomic mass is 9.96. The number of benzene rings is 5. The van der Waals surface area contributed by atoms with Crippen LogP contribution in [0.2, 0.25) is 0 Å². The second-order valence-corrected chi connectivity index (χ2v) is 12.0. The van der Waals surface area contributed by atoms with Gasteiger partial charge in [-0.05, 0) is 28.1 Å². The summed E-state index contributed by atoms with van der Waals surface area (Å²) in [5.41, 5.74) is -3.32. The molecule has 0 aliphatic carbocycles. The number of halogens is 1. The minimum Gasteiger partial charge on any atom is -0.504 e. The van der Waals surface area contributed by atoms with Gasteiger partial charge in [-0.15, -0.1) is 0 Å². The Bertz CT molecular complexity index is 2630. The van der Waals surface area contributed by atoms with Gasteiger partial charge in [0, 0.05) is 15.2 Å². The third-order valence-electron chi connectivity index (χ3n) is 8.30. The van der Waals surface area contributed by atoms with Crippen molar-refractivity contribution in [2.45, 2.75) is 0 Å². The Morgan fingerprint density at radius 1 is 0.385 bits per heavy atom. The van der Waals surface area contributed by atoms with Crippen molar-refractivity contribution in [1.29, 1.82) is 0 Å². The van der Waals surface area contributed by atoms with E-state index in [0.29, 0.717) is 26.3 Å². The highest BCUT2D eigenvalue weighted by Crippen LogP contribution is 2.62. The van der Waals surface area contributed by atoms with E-state index in [9.17, 15) is 71.5 Å². The van der Waals surface area contributed by atoms with Gasteiger partial charge in [0.2, 0.25) is 40.4 Å². The highest BCUT2D eigenvalue weighted by Gasteiger charge is 2.35. The molecule has 0 fully saturated rings. The highest BCUT2D eigenvalue weighted by atomic mass is 79.9. The molecule has 19 heteroatoms. The third-order valence-corrected chi connectivity index (χ3v) is 8.94. The molecule has 0 aliphatic heterocycles. The molecule has 0 aliphatic rings. The maximum Gasteiger partial charge on any atom is 0.238 e. The largest absolute Gasteiger partial charge is 0.504 e. The smallest absolute Gasteiger partial charge is 0.238 e. The molecule has 0 saturated heterocycles. The van der Waals surface area contributed by atoms with Gasteiger partial charge in [0.25, 0.3) is 0 Å². The van der Waals surface area contributed by atoms with Gasteiger partial charge in [0.15, 0.2) is 57.6 Å². The zero-order valence-corrected chi connectivity index (χ0v) is 27.1.